The predicted molar refractivity (Wildman–Crippen MR) is 148 cm³/mol. The second-order valence-corrected chi connectivity index (χ2v) is 9.79. The molecule has 2 amide bonds. The van der Waals surface area contributed by atoms with Gasteiger partial charge in [-0.2, -0.15) is 0 Å². The molecule has 0 saturated carbocycles. The summed E-state index contributed by atoms with van der Waals surface area (Å²) < 4.78 is 8.80. The number of aromatic nitrogens is 8. The maximum Gasteiger partial charge on any atom is 0.249 e. The van der Waals surface area contributed by atoms with Gasteiger partial charge in [0, 0.05) is 31.2 Å². The third kappa shape index (κ3) is 5.52. The topological polar surface area (TPSA) is 146 Å². The average Bonchev–Trinajstić information content (AvgIpc) is 3.78. The summed E-state index contributed by atoms with van der Waals surface area (Å²) in [7, 11) is 0. The van der Waals surface area contributed by atoms with Crippen molar-refractivity contribution in [1.82, 2.24) is 45.5 Å². The van der Waals surface area contributed by atoms with Crippen molar-refractivity contribution in [3.05, 3.63) is 84.4 Å². The Morgan fingerprint density at radius 2 is 1.98 bits per heavy atom. The Kier molecular flexibility index (Phi) is 7.41. The molecule has 5 aromatic rings. The Bertz CT molecular complexity index is 1650. The van der Waals surface area contributed by atoms with Crippen LogP contribution in [-0.4, -0.2) is 71.3 Å². The number of amides is 2. The van der Waals surface area contributed by atoms with E-state index in [1.165, 1.54) is 11.2 Å². The first-order chi connectivity index (χ1) is 20.1. The highest BCUT2D eigenvalue weighted by Crippen LogP contribution is 2.31. The van der Waals surface area contributed by atoms with Crippen LogP contribution in [0, 0.1) is 6.92 Å². The van der Waals surface area contributed by atoms with Crippen molar-refractivity contribution >= 4 is 28.5 Å². The first kappa shape index (κ1) is 26.2. The average molecular weight is 553 g/mol. The van der Waals surface area contributed by atoms with Crippen LogP contribution in [0.1, 0.15) is 30.0 Å². The number of pyridine rings is 1. The van der Waals surface area contributed by atoms with E-state index in [4.69, 9.17) is 4.74 Å². The minimum absolute atomic E-state index is 0.0551. The number of hydrogen-bond donors (Lipinski definition) is 1. The molecule has 0 radical (unpaired) electrons. The number of hydrogen-bond acceptors (Lipinski definition) is 9. The first-order valence-electron chi connectivity index (χ1n) is 13.3. The number of carbonyl (C=O) groups excluding carboxylic acids is 2. The second-order valence-electron chi connectivity index (χ2n) is 9.79. The van der Waals surface area contributed by atoms with Gasteiger partial charge in [-0.3, -0.25) is 19.5 Å². The van der Waals surface area contributed by atoms with E-state index in [9.17, 15) is 9.59 Å². The Hall–Kier alpha value is -5.04. The maximum atomic E-state index is 14.2. The number of carbonyl (C=O) groups is 2. The van der Waals surface area contributed by atoms with Crippen molar-refractivity contribution < 1.29 is 14.3 Å². The summed E-state index contributed by atoms with van der Waals surface area (Å²) in [5.74, 6) is -0.671. The first-order valence-corrected chi connectivity index (χ1v) is 13.3. The van der Waals surface area contributed by atoms with Crippen LogP contribution in [0.4, 0.5) is 5.69 Å². The fourth-order valence-electron chi connectivity index (χ4n) is 5.07. The van der Waals surface area contributed by atoms with Gasteiger partial charge < -0.3 is 10.1 Å². The molecule has 1 saturated heterocycles. The Balaban J connectivity index is 1.41. The second kappa shape index (κ2) is 11.6. The lowest BCUT2D eigenvalue weighted by atomic mass is 10.0. The molecule has 4 heterocycles. The van der Waals surface area contributed by atoms with Gasteiger partial charge in [-0.15, -0.1) is 10.2 Å². The molecule has 0 aliphatic carbocycles. The smallest absolute Gasteiger partial charge is 0.249 e. The zero-order chi connectivity index (χ0) is 28.2. The van der Waals surface area contributed by atoms with E-state index in [1.54, 1.807) is 40.0 Å². The van der Waals surface area contributed by atoms with E-state index in [0.29, 0.717) is 35.4 Å². The molecule has 1 fully saturated rings. The molecule has 6 rings (SSSR count). The summed E-state index contributed by atoms with van der Waals surface area (Å²) in [6.45, 7) is 2.80. The largest absolute Gasteiger partial charge is 0.376 e. The predicted octanol–water partition coefficient (Wildman–Crippen LogP) is 2.18. The Morgan fingerprint density at radius 3 is 2.73 bits per heavy atom. The number of aryl methyl sites for hydroxylation is 1. The van der Waals surface area contributed by atoms with E-state index in [-0.39, 0.29) is 24.5 Å². The monoisotopic (exact) mass is 552 g/mol. The summed E-state index contributed by atoms with van der Waals surface area (Å²) in [5, 5.41) is 22.8. The van der Waals surface area contributed by atoms with Gasteiger partial charge >= 0.3 is 0 Å². The van der Waals surface area contributed by atoms with Gasteiger partial charge in [-0.25, -0.2) is 9.36 Å². The molecular weight excluding hydrogens is 524 g/mol. The number of tetrazole rings is 1. The summed E-state index contributed by atoms with van der Waals surface area (Å²) >= 11 is 0. The van der Waals surface area contributed by atoms with Gasteiger partial charge in [-0.05, 0) is 83.8 Å². The van der Waals surface area contributed by atoms with Crippen molar-refractivity contribution in [1.29, 1.82) is 0 Å². The van der Waals surface area contributed by atoms with E-state index in [1.807, 2.05) is 43.3 Å². The van der Waals surface area contributed by atoms with E-state index in [2.05, 4.69) is 36.1 Å². The number of fused-ring (bicyclic) bond motifs is 1. The summed E-state index contributed by atoms with van der Waals surface area (Å²) in [5.41, 5.74) is 4.10. The van der Waals surface area contributed by atoms with Crippen LogP contribution in [-0.2, 0) is 20.9 Å². The third-order valence-corrected chi connectivity index (χ3v) is 7.08. The summed E-state index contributed by atoms with van der Waals surface area (Å²) in [6, 6.07) is 15.4. The molecular formula is C28H28N10O3. The van der Waals surface area contributed by atoms with E-state index < -0.39 is 6.04 Å². The summed E-state index contributed by atoms with van der Waals surface area (Å²) in [4.78, 5) is 33.8. The summed E-state index contributed by atoms with van der Waals surface area (Å²) in [6.07, 6.45) is 6.49. The highest BCUT2D eigenvalue weighted by atomic mass is 16.5. The minimum Gasteiger partial charge on any atom is -0.376 e. The molecule has 13 nitrogen and oxygen atoms in total. The molecule has 0 bridgehead atoms. The van der Waals surface area contributed by atoms with Gasteiger partial charge in [0.1, 0.15) is 24.4 Å². The maximum absolute atomic E-state index is 14.2. The number of para-hydroxylation sites is 1. The lowest BCUT2D eigenvalue weighted by Crippen LogP contribution is -2.46. The van der Waals surface area contributed by atoms with Crippen molar-refractivity contribution in [2.24, 2.45) is 0 Å². The SMILES string of the molecule is Cc1cc(N(C(=O)Cn2nnc3ccccc32)C(C(=O)NCC2CCCO2)c2ccncc2)ccc1-n1cnnn1. The third-order valence-electron chi connectivity index (χ3n) is 7.08. The number of ether oxygens (including phenoxy) is 1. The fraction of sp³-hybridized carbons (Fsp3) is 0.286. The molecule has 0 spiro atoms. The molecule has 41 heavy (non-hydrogen) atoms. The standard InChI is InChI=1S/C28H28N10O3/c1-19-15-21(8-9-24(19)37-18-31-33-35-37)38(26(39)17-36-25-7-3-2-6-23(25)32-34-36)27(20-10-12-29-13-11-20)28(40)30-16-22-5-4-14-41-22/h2-3,6-13,15,18,22,27H,4-5,14,16-17H2,1H3,(H,30,40). The van der Waals surface area contributed by atoms with Gasteiger partial charge in [0.05, 0.1) is 17.3 Å². The molecule has 208 valence electrons. The number of nitrogens with zero attached hydrogens (tertiary/aromatic N) is 9. The number of benzene rings is 2. The number of anilines is 1. The quantitative estimate of drug-likeness (QED) is 0.291. The van der Waals surface area contributed by atoms with E-state index in [0.717, 1.165) is 24.1 Å². The van der Waals surface area contributed by atoms with Crippen LogP contribution in [0.25, 0.3) is 16.7 Å². The van der Waals surface area contributed by atoms with Crippen LogP contribution in [0.3, 0.4) is 0 Å². The zero-order valence-electron chi connectivity index (χ0n) is 22.4. The van der Waals surface area contributed by atoms with Gasteiger partial charge in [0.2, 0.25) is 11.8 Å². The van der Waals surface area contributed by atoms with Crippen molar-refractivity contribution in [3.63, 3.8) is 0 Å². The Morgan fingerprint density at radius 1 is 1.12 bits per heavy atom. The lowest BCUT2D eigenvalue weighted by molar-refractivity contribution is -0.127. The molecule has 2 aromatic carbocycles. The number of nitrogens with one attached hydrogen (secondary N) is 1. The van der Waals surface area contributed by atoms with Crippen LogP contribution in [0.2, 0.25) is 0 Å². The Labute approximate surface area is 235 Å². The van der Waals surface area contributed by atoms with Gasteiger partial charge in [0.25, 0.3) is 0 Å². The molecule has 13 heteroatoms. The van der Waals surface area contributed by atoms with Crippen molar-refractivity contribution in [2.75, 3.05) is 18.1 Å². The zero-order valence-corrected chi connectivity index (χ0v) is 22.4. The van der Waals surface area contributed by atoms with Crippen LogP contribution in [0.5, 0.6) is 0 Å². The highest BCUT2D eigenvalue weighted by molar-refractivity contribution is 6.01. The number of rotatable bonds is 9. The van der Waals surface area contributed by atoms with Crippen LogP contribution < -0.4 is 10.2 Å². The molecule has 1 N–H and O–H groups in total. The molecule has 1 aliphatic rings. The normalized spacial score (nSPS) is 15.6. The van der Waals surface area contributed by atoms with Crippen molar-refractivity contribution in [2.45, 2.75) is 38.5 Å². The molecule has 2 unspecified atom stereocenters. The van der Waals surface area contributed by atoms with Crippen molar-refractivity contribution in [3.8, 4) is 5.69 Å². The highest BCUT2D eigenvalue weighted by Gasteiger charge is 2.34. The van der Waals surface area contributed by atoms with E-state index >= 15 is 0 Å². The minimum atomic E-state index is -0.986. The molecule has 2 atom stereocenters. The fourth-order valence-corrected chi connectivity index (χ4v) is 5.07. The van der Waals surface area contributed by atoms with Crippen LogP contribution in [0.15, 0.2) is 73.3 Å². The van der Waals surface area contributed by atoms with Crippen LogP contribution >= 0.6 is 0 Å². The lowest BCUT2D eigenvalue weighted by Gasteiger charge is -2.32. The molecule has 1 aliphatic heterocycles. The molecule has 3 aromatic heterocycles. The van der Waals surface area contributed by atoms with Gasteiger partial charge in [-0.1, -0.05) is 17.3 Å². The van der Waals surface area contributed by atoms with Gasteiger partial charge in [0.15, 0.2) is 0 Å².